The third-order valence-corrected chi connectivity index (χ3v) is 5.34. The summed E-state index contributed by atoms with van der Waals surface area (Å²) in [6.45, 7) is 3.69. The minimum absolute atomic E-state index is 0.145. The molecule has 0 spiro atoms. The largest absolute Gasteiger partial charge is 0.493 e. The van der Waals surface area contributed by atoms with Crippen LogP contribution in [0.4, 0.5) is 4.39 Å². The highest BCUT2D eigenvalue weighted by molar-refractivity contribution is 5.93. The number of carbonyl (C=O) groups is 1. The van der Waals surface area contributed by atoms with Crippen molar-refractivity contribution in [3.05, 3.63) is 53.7 Å². The van der Waals surface area contributed by atoms with E-state index in [4.69, 9.17) is 9.26 Å². The van der Waals surface area contributed by atoms with Crippen molar-refractivity contribution in [2.45, 2.75) is 19.8 Å². The van der Waals surface area contributed by atoms with Gasteiger partial charge in [-0.25, -0.2) is 4.39 Å². The zero-order chi connectivity index (χ0) is 20.4. The Hall–Kier alpha value is -3.16. The highest BCUT2D eigenvalue weighted by atomic mass is 19.1. The number of hydrogen-bond donors (Lipinski definition) is 0. The first-order chi connectivity index (χ1) is 14.0. The summed E-state index contributed by atoms with van der Waals surface area (Å²) in [5.41, 5.74) is 2.06. The van der Waals surface area contributed by atoms with Crippen molar-refractivity contribution in [3.63, 3.8) is 0 Å². The molecule has 1 aliphatic heterocycles. The number of amides is 1. The molecule has 0 saturated carbocycles. The lowest BCUT2D eigenvalue weighted by Crippen LogP contribution is -2.41. The molecule has 8 heteroatoms. The van der Waals surface area contributed by atoms with E-state index >= 15 is 0 Å². The lowest BCUT2D eigenvalue weighted by molar-refractivity contribution is 0.0623. The van der Waals surface area contributed by atoms with E-state index in [1.54, 1.807) is 34.0 Å². The van der Waals surface area contributed by atoms with Crippen LogP contribution >= 0.6 is 0 Å². The molecule has 1 aliphatic rings. The normalized spacial score (nSPS) is 16.8. The van der Waals surface area contributed by atoms with E-state index in [1.165, 1.54) is 12.1 Å². The number of halogens is 1. The molecule has 0 bridgehead atoms. The zero-order valence-electron chi connectivity index (χ0n) is 16.5. The second kappa shape index (κ2) is 8.06. The molecule has 1 aromatic carbocycles. The van der Waals surface area contributed by atoms with Gasteiger partial charge in [-0.2, -0.15) is 5.10 Å². The fourth-order valence-electron chi connectivity index (χ4n) is 3.54. The van der Waals surface area contributed by atoms with Crippen molar-refractivity contribution >= 4 is 5.91 Å². The molecular weight excluding hydrogens is 375 g/mol. The summed E-state index contributed by atoms with van der Waals surface area (Å²) >= 11 is 0. The number of benzene rings is 1. The number of ether oxygens (including phenoxy) is 1. The highest BCUT2D eigenvalue weighted by Gasteiger charge is 2.27. The number of aromatic nitrogens is 3. The molecule has 0 unspecified atom stereocenters. The Balaban J connectivity index is 1.38. The Morgan fingerprint density at radius 1 is 1.34 bits per heavy atom. The standard InChI is InChI=1S/C21H23FN4O3/c1-14-18(11-23-25(14)2)20-10-19(24-29-20)21(27)26-9-3-4-15(12-26)13-28-17-7-5-16(22)6-8-17/h5-8,10-11,15H,3-4,9,12-13H2,1-2H3/t15-/m0/s1. The van der Waals surface area contributed by atoms with E-state index in [0.717, 1.165) is 24.1 Å². The first-order valence-electron chi connectivity index (χ1n) is 9.64. The van der Waals surface area contributed by atoms with E-state index < -0.39 is 0 Å². The fourth-order valence-corrected chi connectivity index (χ4v) is 3.54. The Labute approximate surface area is 168 Å². The molecule has 1 atom stereocenters. The maximum atomic E-state index is 13.0. The molecule has 1 amide bonds. The van der Waals surface area contributed by atoms with Gasteiger partial charge < -0.3 is 14.2 Å². The lowest BCUT2D eigenvalue weighted by Gasteiger charge is -2.32. The molecule has 0 radical (unpaired) electrons. The van der Waals surface area contributed by atoms with E-state index in [1.807, 2.05) is 14.0 Å². The second-order valence-corrected chi connectivity index (χ2v) is 7.37. The average molecular weight is 398 g/mol. The first kappa shape index (κ1) is 19.2. The predicted octanol–water partition coefficient (Wildman–Crippen LogP) is 3.45. The quantitative estimate of drug-likeness (QED) is 0.658. The maximum absolute atomic E-state index is 13.0. The number of aryl methyl sites for hydroxylation is 1. The molecule has 1 fully saturated rings. The molecule has 7 nitrogen and oxygen atoms in total. The van der Waals surface area contributed by atoms with E-state index in [2.05, 4.69) is 10.3 Å². The Kier molecular flexibility index (Phi) is 5.33. The van der Waals surface area contributed by atoms with Crippen LogP contribution in [0.15, 0.2) is 41.1 Å². The number of piperidine rings is 1. The summed E-state index contributed by atoms with van der Waals surface area (Å²) in [6, 6.07) is 7.64. The van der Waals surface area contributed by atoms with Crippen LogP contribution in [0.3, 0.4) is 0 Å². The molecule has 29 heavy (non-hydrogen) atoms. The molecule has 0 aliphatic carbocycles. The number of nitrogens with zero attached hydrogens (tertiary/aromatic N) is 4. The van der Waals surface area contributed by atoms with Crippen LogP contribution < -0.4 is 4.74 Å². The maximum Gasteiger partial charge on any atom is 0.276 e. The van der Waals surface area contributed by atoms with Gasteiger partial charge in [0.2, 0.25) is 0 Å². The first-order valence-corrected chi connectivity index (χ1v) is 9.64. The van der Waals surface area contributed by atoms with Gasteiger partial charge in [0.25, 0.3) is 5.91 Å². The van der Waals surface area contributed by atoms with Gasteiger partial charge in [-0.3, -0.25) is 9.48 Å². The van der Waals surface area contributed by atoms with Crippen molar-refractivity contribution in [2.24, 2.45) is 13.0 Å². The number of likely N-dealkylation sites (tertiary alicyclic amines) is 1. The SMILES string of the molecule is Cc1c(-c2cc(C(=O)N3CCC[C@H](COc4ccc(F)cc4)C3)no2)cnn1C. The van der Waals surface area contributed by atoms with Crippen LogP contribution in [-0.4, -0.2) is 45.4 Å². The van der Waals surface area contributed by atoms with Gasteiger partial charge in [-0.05, 0) is 44.0 Å². The third kappa shape index (κ3) is 4.16. The molecule has 152 valence electrons. The van der Waals surface area contributed by atoms with Crippen molar-refractivity contribution in [3.8, 4) is 17.1 Å². The number of hydrogen-bond acceptors (Lipinski definition) is 5. The van der Waals surface area contributed by atoms with Crippen molar-refractivity contribution in [1.82, 2.24) is 19.8 Å². The Morgan fingerprint density at radius 3 is 2.86 bits per heavy atom. The molecule has 4 rings (SSSR count). The van der Waals surface area contributed by atoms with Gasteiger partial charge >= 0.3 is 0 Å². The molecule has 3 heterocycles. The van der Waals surface area contributed by atoms with Gasteiger partial charge in [0.05, 0.1) is 18.4 Å². The summed E-state index contributed by atoms with van der Waals surface area (Å²) in [4.78, 5) is 14.7. The summed E-state index contributed by atoms with van der Waals surface area (Å²) in [6.07, 6.45) is 3.58. The van der Waals surface area contributed by atoms with Crippen molar-refractivity contribution < 1.29 is 18.4 Å². The topological polar surface area (TPSA) is 73.4 Å². The molecule has 2 aromatic heterocycles. The Morgan fingerprint density at radius 2 is 2.14 bits per heavy atom. The van der Waals surface area contributed by atoms with Crippen LogP contribution in [0.5, 0.6) is 5.75 Å². The van der Waals surface area contributed by atoms with Crippen molar-refractivity contribution in [2.75, 3.05) is 19.7 Å². The van der Waals surface area contributed by atoms with Crippen LogP contribution in [0, 0.1) is 18.7 Å². The number of carbonyl (C=O) groups excluding carboxylic acids is 1. The summed E-state index contributed by atoms with van der Waals surface area (Å²) in [5, 5.41) is 8.17. The van der Waals surface area contributed by atoms with Gasteiger partial charge in [0, 0.05) is 37.8 Å². The summed E-state index contributed by atoms with van der Waals surface area (Å²) in [7, 11) is 1.85. The Bertz CT molecular complexity index is 996. The molecule has 3 aromatic rings. The lowest BCUT2D eigenvalue weighted by atomic mass is 9.98. The van der Waals surface area contributed by atoms with Crippen LogP contribution in [0.25, 0.3) is 11.3 Å². The fraction of sp³-hybridized carbons (Fsp3) is 0.381. The van der Waals surface area contributed by atoms with Crippen LogP contribution in [0.2, 0.25) is 0 Å². The third-order valence-electron chi connectivity index (χ3n) is 5.34. The minimum Gasteiger partial charge on any atom is -0.493 e. The smallest absolute Gasteiger partial charge is 0.276 e. The van der Waals surface area contributed by atoms with Crippen molar-refractivity contribution in [1.29, 1.82) is 0 Å². The molecule has 1 saturated heterocycles. The van der Waals surface area contributed by atoms with Gasteiger partial charge in [0.15, 0.2) is 11.5 Å². The summed E-state index contributed by atoms with van der Waals surface area (Å²) in [5.74, 6) is 0.938. The second-order valence-electron chi connectivity index (χ2n) is 7.37. The molecule has 0 N–H and O–H groups in total. The predicted molar refractivity (Wildman–Crippen MR) is 104 cm³/mol. The van der Waals surface area contributed by atoms with Crippen LogP contribution in [-0.2, 0) is 7.05 Å². The van der Waals surface area contributed by atoms with Gasteiger partial charge in [0.1, 0.15) is 11.6 Å². The number of rotatable bonds is 5. The van der Waals surface area contributed by atoms with E-state index in [9.17, 15) is 9.18 Å². The van der Waals surface area contributed by atoms with Gasteiger partial charge in [-0.1, -0.05) is 5.16 Å². The molecular formula is C21H23FN4O3. The monoisotopic (exact) mass is 398 g/mol. The zero-order valence-corrected chi connectivity index (χ0v) is 16.5. The summed E-state index contributed by atoms with van der Waals surface area (Å²) < 4.78 is 25.9. The van der Waals surface area contributed by atoms with E-state index in [0.29, 0.717) is 36.9 Å². The highest BCUT2D eigenvalue weighted by Crippen LogP contribution is 2.25. The average Bonchev–Trinajstić information content (AvgIpc) is 3.34. The van der Waals surface area contributed by atoms with Crippen LogP contribution in [0.1, 0.15) is 29.0 Å². The van der Waals surface area contributed by atoms with E-state index in [-0.39, 0.29) is 17.6 Å². The minimum atomic E-state index is -0.291. The van der Waals surface area contributed by atoms with Gasteiger partial charge in [-0.15, -0.1) is 0 Å².